The predicted molar refractivity (Wildman–Crippen MR) is 135 cm³/mol. The molecule has 2 fully saturated rings. The third-order valence-corrected chi connectivity index (χ3v) is 6.91. The Morgan fingerprint density at radius 1 is 1.23 bits per heavy atom. The molecule has 0 saturated heterocycles. The zero-order valence-corrected chi connectivity index (χ0v) is 21.9. The van der Waals surface area contributed by atoms with Crippen molar-refractivity contribution in [2.75, 3.05) is 32.2 Å². The summed E-state index contributed by atoms with van der Waals surface area (Å²) in [7, 11) is -1.33. The summed E-state index contributed by atoms with van der Waals surface area (Å²) in [6.45, 7) is 3.80. The Morgan fingerprint density at radius 2 is 1.94 bits per heavy atom. The number of benzene rings is 1. The number of nitrogens with one attached hydrogen (secondary N) is 2. The molecule has 9 heteroatoms. The number of methoxy groups -OCH3 is 1. The summed E-state index contributed by atoms with van der Waals surface area (Å²) in [5.74, 6) is 2.42. The summed E-state index contributed by atoms with van der Waals surface area (Å²) in [6, 6.07) is 5.89. The maximum Gasteiger partial charge on any atom is 0.191 e. The van der Waals surface area contributed by atoms with E-state index in [2.05, 4.69) is 10.6 Å². The summed E-state index contributed by atoms with van der Waals surface area (Å²) in [5.41, 5.74) is 0.826. The Morgan fingerprint density at radius 3 is 2.52 bits per heavy atom. The first-order valence-corrected chi connectivity index (χ1v) is 12.9. The summed E-state index contributed by atoms with van der Waals surface area (Å²) < 4.78 is 35.3. The predicted octanol–water partition coefficient (Wildman–Crippen LogP) is 3.51. The zero-order chi connectivity index (χ0) is 21.6. The fraction of sp³-hybridized carbons (Fsp3) is 0.682. The van der Waals surface area contributed by atoms with E-state index in [9.17, 15) is 8.42 Å². The van der Waals surface area contributed by atoms with E-state index in [4.69, 9.17) is 14.5 Å². The number of rotatable bonds is 10. The van der Waals surface area contributed by atoms with Crippen LogP contribution in [0.1, 0.15) is 51.0 Å². The van der Waals surface area contributed by atoms with Gasteiger partial charge in [-0.1, -0.05) is 12.1 Å². The number of hydrogen-bond acceptors (Lipinski definition) is 5. The molecule has 1 aromatic carbocycles. The molecular formula is C22H36IN3O4S. The largest absolute Gasteiger partial charge is 0.493 e. The number of para-hydroxylation sites is 1. The van der Waals surface area contributed by atoms with Gasteiger partial charge in [-0.05, 0) is 51.5 Å². The van der Waals surface area contributed by atoms with E-state index in [0.717, 1.165) is 49.3 Å². The smallest absolute Gasteiger partial charge is 0.191 e. The Hall–Kier alpha value is -1.23. The van der Waals surface area contributed by atoms with E-state index in [-0.39, 0.29) is 41.2 Å². The molecule has 2 saturated carbocycles. The van der Waals surface area contributed by atoms with Crippen molar-refractivity contribution in [1.29, 1.82) is 0 Å². The van der Waals surface area contributed by atoms with E-state index in [1.807, 2.05) is 25.1 Å². The normalized spacial score (nSPS) is 18.2. The van der Waals surface area contributed by atoms with Crippen molar-refractivity contribution in [1.82, 2.24) is 10.6 Å². The van der Waals surface area contributed by atoms with Crippen LogP contribution in [0.25, 0.3) is 0 Å². The summed E-state index contributed by atoms with van der Waals surface area (Å²) >= 11 is 0. The lowest BCUT2D eigenvalue weighted by Gasteiger charge is -2.20. The number of hydrogen-bond donors (Lipinski definition) is 2. The number of nitrogens with zero attached hydrogens (tertiary/aromatic N) is 1. The van der Waals surface area contributed by atoms with Gasteiger partial charge in [-0.25, -0.2) is 13.4 Å². The average Bonchev–Trinajstić information content (AvgIpc) is 3.23. The van der Waals surface area contributed by atoms with Gasteiger partial charge in [0.15, 0.2) is 17.5 Å². The van der Waals surface area contributed by atoms with Gasteiger partial charge >= 0.3 is 0 Å². The Labute approximate surface area is 203 Å². The molecule has 1 aromatic rings. The van der Waals surface area contributed by atoms with Crippen LogP contribution in [0.2, 0.25) is 0 Å². The summed E-state index contributed by atoms with van der Waals surface area (Å²) in [5, 5.41) is 6.59. The van der Waals surface area contributed by atoms with Crippen molar-refractivity contribution < 1.29 is 17.9 Å². The van der Waals surface area contributed by atoms with Crippen molar-refractivity contribution >= 4 is 39.8 Å². The highest BCUT2D eigenvalue weighted by atomic mass is 127. The second-order valence-corrected chi connectivity index (χ2v) is 10.7. The lowest BCUT2D eigenvalue weighted by molar-refractivity contribution is 0.198. The van der Waals surface area contributed by atoms with Gasteiger partial charge in [0, 0.05) is 30.3 Å². The minimum absolute atomic E-state index is 0. The van der Waals surface area contributed by atoms with Crippen LogP contribution in [0.5, 0.6) is 11.5 Å². The van der Waals surface area contributed by atoms with Crippen LogP contribution in [0.4, 0.5) is 0 Å². The molecule has 0 heterocycles. The van der Waals surface area contributed by atoms with Gasteiger partial charge in [0.2, 0.25) is 0 Å². The van der Waals surface area contributed by atoms with Crippen LogP contribution in [-0.4, -0.2) is 52.7 Å². The second-order valence-electron chi connectivity index (χ2n) is 8.59. The van der Waals surface area contributed by atoms with E-state index < -0.39 is 9.84 Å². The van der Waals surface area contributed by atoms with Crippen molar-refractivity contribution in [3.8, 4) is 11.5 Å². The lowest BCUT2D eigenvalue weighted by atomic mass is 10.1. The molecule has 0 radical (unpaired) electrons. The fourth-order valence-corrected chi connectivity index (χ4v) is 5.54. The lowest BCUT2D eigenvalue weighted by Crippen LogP contribution is -2.41. The van der Waals surface area contributed by atoms with Crippen molar-refractivity contribution in [2.45, 2.75) is 58.1 Å². The highest BCUT2D eigenvalue weighted by Crippen LogP contribution is 2.46. The first kappa shape index (κ1) is 26.0. The molecule has 0 spiro atoms. The first-order valence-electron chi connectivity index (χ1n) is 10.9. The molecule has 176 valence electrons. The number of aliphatic imine (C=N–C) groups is 1. The monoisotopic (exact) mass is 565 g/mol. The highest BCUT2D eigenvalue weighted by Gasteiger charge is 2.45. The van der Waals surface area contributed by atoms with Gasteiger partial charge in [-0.2, -0.15) is 0 Å². The number of sulfone groups is 1. The molecule has 2 N–H and O–H groups in total. The van der Waals surface area contributed by atoms with Gasteiger partial charge in [-0.15, -0.1) is 24.0 Å². The molecule has 0 bridgehead atoms. The molecule has 0 unspecified atom stereocenters. The van der Waals surface area contributed by atoms with Crippen molar-refractivity contribution in [3.05, 3.63) is 23.8 Å². The van der Waals surface area contributed by atoms with Gasteiger partial charge in [-0.3, -0.25) is 0 Å². The van der Waals surface area contributed by atoms with Crippen molar-refractivity contribution in [2.24, 2.45) is 10.4 Å². The molecular weight excluding hydrogens is 529 g/mol. The third-order valence-electron chi connectivity index (χ3n) is 5.78. The molecule has 2 aliphatic rings. The molecule has 31 heavy (non-hydrogen) atoms. The second kappa shape index (κ2) is 11.6. The van der Waals surface area contributed by atoms with Crippen LogP contribution in [-0.2, 0) is 16.4 Å². The standard InChI is InChI=1S/C22H35N3O4S.HI/c1-4-23-21(25-15-22(12-13-22)16-30(3,26)27)24-14-17-8-7-11-19(28-2)20(17)29-18-9-5-6-10-18;/h7-8,11,18H,4-6,9-10,12-16H2,1-3H3,(H2,23,24,25);1H. The van der Waals surface area contributed by atoms with Crippen LogP contribution in [0.15, 0.2) is 23.2 Å². The number of ether oxygens (including phenoxy) is 2. The molecule has 0 aromatic heterocycles. The fourth-order valence-electron chi connectivity index (χ4n) is 4.04. The molecule has 7 nitrogen and oxygen atoms in total. The minimum atomic E-state index is -2.99. The van der Waals surface area contributed by atoms with Crippen LogP contribution in [0.3, 0.4) is 0 Å². The topological polar surface area (TPSA) is 89.0 Å². The molecule has 2 aliphatic carbocycles. The Balaban J connectivity index is 0.00000341. The number of guanidine groups is 1. The van der Waals surface area contributed by atoms with Gasteiger partial charge in [0.1, 0.15) is 9.84 Å². The van der Waals surface area contributed by atoms with Crippen molar-refractivity contribution in [3.63, 3.8) is 0 Å². The maximum atomic E-state index is 11.7. The highest BCUT2D eigenvalue weighted by molar-refractivity contribution is 14.0. The Kier molecular flexibility index (Phi) is 9.72. The summed E-state index contributed by atoms with van der Waals surface area (Å²) in [6.07, 6.45) is 7.97. The van der Waals surface area contributed by atoms with Gasteiger partial charge in [0.25, 0.3) is 0 Å². The third kappa shape index (κ3) is 8.00. The van der Waals surface area contributed by atoms with Gasteiger partial charge in [0.05, 0.1) is 25.5 Å². The maximum absolute atomic E-state index is 11.7. The van der Waals surface area contributed by atoms with E-state index in [0.29, 0.717) is 19.0 Å². The van der Waals surface area contributed by atoms with Gasteiger partial charge < -0.3 is 20.1 Å². The zero-order valence-electron chi connectivity index (χ0n) is 18.8. The SMILES string of the molecule is CCNC(=NCc1cccc(OC)c1OC1CCCC1)NCC1(CS(C)(=O)=O)CC1.I. The molecule has 0 aliphatic heterocycles. The van der Waals surface area contributed by atoms with Crippen LogP contribution < -0.4 is 20.1 Å². The van der Waals surface area contributed by atoms with E-state index in [1.165, 1.54) is 19.1 Å². The first-order chi connectivity index (χ1) is 14.3. The molecule has 3 rings (SSSR count). The van der Waals surface area contributed by atoms with Crippen LogP contribution in [0, 0.1) is 5.41 Å². The quantitative estimate of drug-likeness (QED) is 0.257. The molecule has 0 atom stereocenters. The number of halogens is 1. The van der Waals surface area contributed by atoms with E-state index >= 15 is 0 Å². The molecule has 0 amide bonds. The Bertz CT molecular complexity index is 850. The average molecular weight is 566 g/mol. The van der Waals surface area contributed by atoms with Crippen LogP contribution >= 0.6 is 24.0 Å². The minimum Gasteiger partial charge on any atom is -0.493 e. The summed E-state index contributed by atoms with van der Waals surface area (Å²) in [4.78, 5) is 4.73. The van der Waals surface area contributed by atoms with E-state index in [1.54, 1.807) is 7.11 Å².